The van der Waals surface area contributed by atoms with Crippen molar-refractivity contribution in [2.45, 2.75) is 18.9 Å². The van der Waals surface area contributed by atoms with Gasteiger partial charge in [0.15, 0.2) is 0 Å². The third-order valence-electron chi connectivity index (χ3n) is 4.11. The van der Waals surface area contributed by atoms with E-state index in [0.29, 0.717) is 24.7 Å². The Kier molecular flexibility index (Phi) is 10.3. The first-order valence-corrected chi connectivity index (χ1v) is 10.1. The van der Waals surface area contributed by atoms with E-state index in [4.69, 9.17) is 28.9 Å². The molecule has 0 radical (unpaired) electrons. The molecule has 0 heterocycles. The molecule has 0 fully saturated rings. The Balaban J connectivity index is 2.48. The highest BCUT2D eigenvalue weighted by Crippen LogP contribution is 2.16. The summed E-state index contributed by atoms with van der Waals surface area (Å²) in [5, 5.41) is 2.93. The highest BCUT2D eigenvalue weighted by Gasteiger charge is 2.15. The molecular formula is C19H33Cl2N4O+. The molecule has 0 unspecified atom stereocenters. The van der Waals surface area contributed by atoms with Crippen LogP contribution in [0.4, 0.5) is 5.69 Å². The number of quaternary nitrogens is 1. The van der Waals surface area contributed by atoms with Gasteiger partial charge in [0, 0.05) is 43.5 Å². The van der Waals surface area contributed by atoms with E-state index in [-0.39, 0.29) is 5.91 Å². The van der Waals surface area contributed by atoms with E-state index in [1.807, 2.05) is 24.3 Å². The number of nitrogens with zero attached hydrogens (tertiary/aromatic N) is 2. The maximum atomic E-state index is 12.1. The Labute approximate surface area is 168 Å². The summed E-state index contributed by atoms with van der Waals surface area (Å²) in [7, 11) is 6.41. The molecule has 0 aliphatic heterocycles. The molecule has 0 aliphatic carbocycles. The van der Waals surface area contributed by atoms with Gasteiger partial charge in [0.2, 0.25) is 5.91 Å². The molecule has 26 heavy (non-hydrogen) atoms. The minimum Gasteiger partial charge on any atom is -0.369 e. The van der Waals surface area contributed by atoms with E-state index in [9.17, 15) is 4.79 Å². The van der Waals surface area contributed by atoms with Crippen molar-refractivity contribution in [2.24, 2.45) is 5.73 Å². The molecule has 5 nitrogen and oxygen atoms in total. The zero-order valence-corrected chi connectivity index (χ0v) is 17.7. The lowest BCUT2D eigenvalue weighted by atomic mass is 10.1. The zero-order chi connectivity index (χ0) is 19.6. The Hall–Kier alpha value is -1.01. The number of halogens is 2. The minimum absolute atomic E-state index is 0.0959. The third-order valence-corrected chi connectivity index (χ3v) is 4.45. The van der Waals surface area contributed by atoms with E-state index in [0.717, 1.165) is 41.8 Å². The number of hydrogen-bond acceptors (Lipinski definition) is 3. The lowest BCUT2D eigenvalue weighted by molar-refractivity contribution is -0.870. The van der Waals surface area contributed by atoms with Crippen LogP contribution in [-0.2, 0) is 11.2 Å². The molecule has 1 amide bonds. The van der Waals surface area contributed by atoms with Crippen molar-refractivity contribution in [3.8, 4) is 0 Å². The van der Waals surface area contributed by atoms with E-state index >= 15 is 0 Å². The molecular weight excluding hydrogens is 371 g/mol. The van der Waals surface area contributed by atoms with Crippen molar-refractivity contribution in [1.82, 2.24) is 5.32 Å². The molecule has 148 valence electrons. The van der Waals surface area contributed by atoms with Crippen LogP contribution in [0.25, 0.3) is 0 Å². The summed E-state index contributed by atoms with van der Waals surface area (Å²) in [5.74, 6) is 1.01. The van der Waals surface area contributed by atoms with Gasteiger partial charge in [0.05, 0.1) is 33.7 Å². The fraction of sp³-hybridized carbons (Fsp3) is 0.632. The highest BCUT2D eigenvalue weighted by molar-refractivity contribution is 6.18. The Morgan fingerprint density at radius 1 is 1.15 bits per heavy atom. The van der Waals surface area contributed by atoms with Gasteiger partial charge in [0.25, 0.3) is 0 Å². The standard InChI is InChI=1S/C19H32Cl2N4O/c1-25(2,3)14-4-11-23-19(26)18(22)15-16-5-7-17(8-6-16)24(12-9-20)13-10-21/h5-8,18H,4,9-15,22H2,1-3H3/p+1/t18-/m0/s1. The molecule has 7 heteroatoms. The maximum absolute atomic E-state index is 12.1. The van der Waals surface area contributed by atoms with E-state index in [1.54, 1.807) is 0 Å². The fourth-order valence-corrected chi connectivity index (χ4v) is 3.07. The Morgan fingerprint density at radius 3 is 2.23 bits per heavy atom. The molecule has 1 aromatic rings. The number of nitrogens with two attached hydrogens (primary N) is 1. The van der Waals surface area contributed by atoms with Gasteiger partial charge in [0.1, 0.15) is 0 Å². The second-order valence-electron chi connectivity index (χ2n) is 7.50. The van der Waals surface area contributed by atoms with Gasteiger partial charge in [-0.25, -0.2) is 0 Å². The third kappa shape index (κ3) is 9.08. The summed E-state index contributed by atoms with van der Waals surface area (Å²) >= 11 is 11.7. The number of amides is 1. The number of nitrogens with one attached hydrogen (secondary N) is 1. The lowest BCUT2D eigenvalue weighted by Crippen LogP contribution is -2.43. The Bertz CT molecular complexity index is 525. The normalized spacial score (nSPS) is 12.7. The molecule has 1 aromatic carbocycles. The van der Waals surface area contributed by atoms with E-state index in [2.05, 4.69) is 31.4 Å². The van der Waals surface area contributed by atoms with Crippen LogP contribution in [0, 0.1) is 0 Å². The van der Waals surface area contributed by atoms with Crippen LogP contribution >= 0.6 is 23.2 Å². The molecule has 0 saturated carbocycles. The van der Waals surface area contributed by atoms with E-state index in [1.165, 1.54) is 0 Å². The number of anilines is 1. The van der Waals surface area contributed by atoms with Crippen molar-refractivity contribution in [3.05, 3.63) is 29.8 Å². The smallest absolute Gasteiger partial charge is 0.237 e. The van der Waals surface area contributed by atoms with Crippen molar-refractivity contribution >= 4 is 34.8 Å². The molecule has 0 saturated heterocycles. The van der Waals surface area contributed by atoms with Crippen LogP contribution in [0.5, 0.6) is 0 Å². The molecule has 1 atom stereocenters. The first-order chi connectivity index (χ1) is 12.3. The number of carbonyl (C=O) groups excluding carboxylic acids is 1. The van der Waals surface area contributed by atoms with Gasteiger partial charge < -0.3 is 20.4 Å². The van der Waals surface area contributed by atoms with Gasteiger partial charge in [-0.05, 0) is 24.1 Å². The predicted octanol–water partition coefficient (Wildman–Crippen LogP) is 2.05. The van der Waals surface area contributed by atoms with Crippen molar-refractivity contribution in [2.75, 3.05) is 64.0 Å². The zero-order valence-electron chi connectivity index (χ0n) is 16.2. The van der Waals surface area contributed by atoms with Crippen LogP contribution in [-0.4, -0.2) is 75.5 Å². The highest BCUT2D eigenvalue weighted by atomic mass is 35.5. The van der Waals surface area contributed by atoms with Crippen molar-refractivity contribution < 1.29 is 9.28 Å². The number of benzene rings is 1. The molecule has 0 aliphatic rings. The van der Waals surface area contributed by atoms with Gasteiger partial charge in [-0.3, -0.25) is 4.79 Å². The SMILES string of the molecule is C[N+](C)(C)CCCNC(=O)[C@@H](N)Cc1ccc(N(CCCl)CCCl)cc1. The molecule has 0 bridgehead atoms. The fourth-order valence-electron chi connectivity index (χ4n) is 2.66. The largest absolute Gasteiger partial charge is 0.369 e. The quantitative estimate of drug-likeness (QED) is 0.319. The summed E-state index contributed by atoms with van der Waals surface area (Å²) in [6.45, 7) is 3.18. The second kappa shape index (κ2) is 11.7. The predicted molar refractivity (Wildman–Crippen MR) is 112 cm³/mol. The van der Waals surface area contributed by atoms with Gasteiger partial charge in [-0.15, -0.1) is 23.2 Å². The van der Waals surface area contributed by atoms with Crippen LogP contribution in [0.2, 0.25) is 0 Å². The average Bonchev–Trinajstić information content (AvgIpc) is 2.58. The maximum Gasteiger partial charge on any atom is 0.237 e. The molecule has 3 N–H and O–H groups in total. The number of rotatable bonds is 12. The van der Waals surface area contributed by atoms with Crippen molar-refractivity contribution in [1.29, 1.82) is 0 Å². The van der Waals surface area contributed by atoms with Crippen LogP contribution in [0.15, 0.2) is 24.3 Å². The van der Waals surface area contributed by atoms with E-state index < -0.39 is 6.04 Å². The van der Waals surface area contributed by atoms with Crippen LogP contribution in [0.1, 0.15) is 12.0 Å². The average molecular weight is 404 g/mol. The minimum atomic E-state index is -0.535. The first kappa shape index (κ1) is 23.0. The monoisotopic (exact) mass is 403 g/mol. The second-order valence-corrected chi connectivity index (χ2v) is 8.26. The van der Waals surface area contributed by atoms with Gasteiger partial charge >= 0.3 is 0 Å². The summed E-state index contributed by atoms with van der Waals surface area (Å²) in [4.78, 5) is 14.3. The summed E-state index contributed by atoms with van der Waals surface area (Å²) < 4.78 is 0.888. The summed E-state index contributed by atoms with van der Waals surface area (Å²) in [6.07, 6.45) is 1.46. The summed E-state index contributed by atoms with van der Waals surface area (Å²) in [6, 6.07) is 7.54. The summed E-state index contributed by atoms with van der Waals surface area (Å²) in [5.41, 5.74) is 8.17. The van der Waals surface area contributed by atoms with Crippen LogP contribution < -0.4 is 16.0 Å². The topological polar surface area (TPSA) is 58.4 Å². The molecule has 0 aromatic heterocycles. The first-order valence-electron chi connectivity index (χ1n) is 9.06. The molecule has 0 spiro atoms. The van der Waals surface area contributed by atoms with Gasteiger partial charge in [-0.2, -0.15) is 0 Å². The van der Waals surface area contributed by atoms with Crippen LogP contribution in [0.3, 0.4) is 0 Å². The number of alkyl halides is 2. The van der Waals surface area contributed by atoms with Gasteiger partial charge in [-0.1, -0.05) is 12.1 Å². The van der Waals surface area contributed by atoms with Crippen molar-refractivity contribution in [3.63, 3.8) is 0 Å². The lowest BCUT2D eigenvalue weighted by Gasteiger charge is -2.24. The molecule has 1 rings (SSSR count). The Morgan fingerprint density at radius 2 is 1.73 bits per heavy atom. The number of carbonyl (C=O) groups is 1. The number of hydrogen-bond donors (Lipinski definition) is 2.